The van der Waals surface area contributed by atoms with E-state index in [0.717, 1.165) is 42.6 Å². The van der Waals surface area contributed by atoms with Gasteiger partial charge in [0.05, 0.1) is 17.4 Å². The van der Waals surface area contributed by atoms with Gasteiger partial charge in [-0.2, -0.15) is 21.6 Å². The van der Waals surface area contributed by atoms with E-state index < -0.39 is 5.54 Å². The van der Waals surface area contributed by atoms with Crippen LogP contribution in [0.5, 0.6) is 0 Å². The quantitative estimate of drug-likeness (QED) is 0.575. The molecule has 1 saturated carbocycles. The maximum atomic E-state index is 12.7. The molecule has 0 aliphatic heterocycles. The number of aromatic nitrogens is 2. The van der Waals surface area contributed by atoms with Crippen LogP contribution in [0.15, 0.2) is 50.5 Å². The van der Waals surface area contributed by atoms with Gasteiger partial charge in [0.2, 0.25) is 11.7 Å². The zero-order chi connectivity index (χ0) is 20.1. The molecule has 0 atom stereocenters. The van der Waals surface area contributed by atoms with Gasteiger partial charge in [-0.25, -0.2) is 0 Å². The number of thioether (sulfide) groups is 1. The van der Waals surface area contributed by atoms with Crippen molar-refractivity contribution in [2.24, 2.45) is 0 Å². The minimum absolute atomic E-state index is 0.0588. The van der Waals surface area contributed by atoms with Crippen LogP contribution in [0.2, 0.25) is 0 Å². The van der Waals surface area contributed by atoms with Crippen molar-refractivity contribution in [1.82, 2.24) is 15.5 Å². The highest BCUT2D eigenvalue weighted by atomic mass is 32.2. The zero-order valence-electron chi connectivity index (χ0n) is 15.8. The lowest BCUT2D eigenvalue weighted by Gasteiger charge is -2.34. The second-order valence-electron chi connectivity index (χ2n) is 7.05. The molecule has 1 aliphatic carbocycles. The fourth-order valence-electron chi connectivity index (χ4n) is 3.55. The Labute approximate surface area is 177 Å². The van der Waals surface area contributed by atoms with Crippen molar-refractivity contribution in [1.29, 1.82) is 5.26 Å². The molecule has 1 fully saturated rings. The van der Waals surface area contributed by atoms with E-state index in [9.17, 15) is 4.79 Å². The first-order valence-electron chi connectivity index (χ1n) is 9.49. The number of nitrogens with zero attached hydrogens (tertiary/aromatic N) is 3. The standard InChI is InChI=1S/C21H20N4O2S2/c22-12-15-4-6-17(7-5-15)29-14-18(26)24-21(9-2-1-3-10-21)20-23-19(25-27-20)16-8-11-28-13-16/h4-8,11,13H,1-3,9-10,14H2,(H,24,26). The SMILES string of the molecule is N#Cc1ccc(SCC(=O)NC2(c3nc(-c4ccsc4)no3)CCCCC2)cc1. The Morgan fingerprint density at radius 3 is 2.72 bits per heavy atom. The number of amides is 1. The molecule has 1 aromatic carbocycles. The summed E-state index contributed by atoms with van der Waals surface area (Å²) in [5.41, 5.74) is 0.943. The van der Waals surface area contributed by atoms with Crippen LogP contribution in [-0.2, 0) is 10.3 Å². The first-order valence-corrected chi connectivity index (χ1v) is 11.4. The molecule has 1 N–H and O–H groups in total. The minimum atomic E-state index is -0.595. The van der Waals surface area contributed by atoms with E-state index in [2.05, 4.69) is 21.5 Å². The third-order valence-electron chi connectivity index (χ3n) is 5.05. The summed E-state index contributed by atoms with van der Waals surface area (Å²) in [5.74, 6) is 1.29. The first kappa shape index (κ1) is 19.7. The van der Waals surface area contributed by atoms with Gasteiger partial charge in [-0.05, 0) is 48.6 Å². The molecule has 148 valence electrons. The van der Waals surface area contributed by atoms with Crippen molar-refractivity contribution >= 4 is 29.0 Å². The van der Waals surface area contributed by atoms with E-state index in [1.54, 1.807) is 23.5 Å². The van der Waals surface area contributed by atoms with Crippen LogP contribution in [0.1, 0.15) is 43.6 Å². The normalized spacial score (nSPS) is 15.6. The molecule has 2 aromatic heterocycles. The predicted octanol–water partition coefficient (Wildman–Crippen LogP) is 4.74. The van der Waals surface area contributed by atoms with E-state index in [1.165, 1.54) is 11.8 Å². The summed E-state index contributed by atoms with van der Waals surface area (Å²) in [7, 11) is 0. The van der Waals surface area contributed by atoms with Crippen molar-refractivity contribution in [3.63, 3.8) is 0 Å². The van der Waals surface area contributed by atoms with Gasteiger partial charge < -0.3 is 9.84 Å². The smallest absolute Gasteiger partial charge is 0.252 e. The molecule has 3 aromatic rings. The largest absolute Gasteiger partial charge is 0.341 e. The molecule has 0 saturated heterocycles. The molecule has 8 heteroatoms. The highest BCUT2D eigenvalue weighted by Gasteiger charge is 2.40. The van der Waals surface area contributed by atoms with Gasteiger partial charge in [-0.15, -0.1) is 11.8 Å². The second kappa shape index (κ2) is 8.80. The Kier molecular flexibility index (Phi) is 5.97. The molecule has 1 aliphatic rings. The number of nitriles is 1. The third-order valence-corrected chi connectivity index (χ3v) is 6.75. The van der Waals surface area contributed by atoms with Crippen LogP contribution in [-0.4, -0.2) is 21.8 Å². The number of thiophene rings is 1. The van der Waals surface area contributed by atoms with Gasteiger partial charge in [-0.3, -0.25) is 4.79 Å². The Morgan fingerprint density at radius 2 is 2.03 bits per heavy atom. The lowest BCUT2D eigenvalue weighted by molar-refractivity contribution is -0.121. The number of carbonyl (C=O) groups is 1. The highest BCUT2D eigenvalue weighted by molar-refractivity contribution is 8.00. The van der Waals surface area contributed by atoms with Crippen LogP contribution in [0, 0.1) is 11.3 Å². The van der Waals surface area contributed by atoms with Crippen LogP contribution < -0.4 is 5.32 Å². The molecule has 4 rings (SSSR count). The van der Waals surface area contributed by atoms with Crippen molar-refractivity contribution in [3.8, 4) is 17.5 Å². The van der Waals surface area contributed by atoms with Crippen LogP contribution in [0.3, 0.4) is 0 Å². The van der Waals surface area contributed by atoms with Gasteiger partial charge in [0, 0.05) is 15.8 Å². The topological polar surface area (TPSA) is 91.8 Å². The molecular weight excluding hydrogens is 404 g/mol. The number of hydrogen-bond acceptors (Lipinski definition) is 7. The van der Waals surface area contributed by atoms with Crippen molar-refractivity contribution in [2.45, 2.75) is 42.5 Å². The van der Waals surface area contributed by atoms with E-state index >= 15 is 0 Å². The summed E-state index contributed by atoms with van der Waals surface area (Å²) in [6.07, 6.45) is 4.76. The van der Waals surface area contributed by atoms with E-state index in [1.807, 2.05) is 29.0 Å². The molecule has 6 nitrogen and oxygen atoms in total. The molecule has 0 unspecified atom stereocenters. The van der Waals surface area contributed by atoms with Gasteiger partial charge in [0.25, 0.3) is 5.89 Å². The number of nitrogens with one attached hydrogen (secondary N) is 1. The average molecular weight is 425 g/mol. The summed E-state index contributed by atoms with van der Waals surface area (Å²) in [4.78, 5) is 18.3. The highest BCUT2D eigenvalue weighted by Crippen LogP contribution is 2.37. The fourth-order valence-corrected chi connectivity index (χ4v) is 4.88. The van der Waals surface area contributed by atoms with E-state index in [4.69, 9.17) is 9.78 Å². The second-order valence-corrected chi connectivity index (χ2v) is 8.88. The number of benzene rings is 1. The first-order chi connectivity index (χ1) is 14.2. The van der Waals surface area contributed by atoms with Crippen LogP contribution in [0.4, 0.5) is 0 Å². The molecule has 0 radical (unpaired) electrons. The summed E-state index contributed by atoms with van der Waals surface area (Å²) in [5, 5.41) is 20.2. The monoisotopic (exact) mass is 424 g/mol. The molecule has 1 amide bonds. The Hall–Kier alpha value is -2.63. The van der Waals surface area contributed by atoms with Crippen molar-refractivity contribution < 1.29 is 9.32 Å². The number of rotatable bonds is 6. The average Bonchev–Trinajstić information content (AvgIpc) is 3.45. The fraction of sp³-hybridized carbons (Fsp3) is 0.333. The summed E-state index contributed by atoms with van der Waals surface area (Å²) in [6, 6.07) is 11.3. The summed E-state index contributed by atoms with van der Waals surface area (Å²) in [6.45, 7) is 0. The van der Waals surface area contributed by atoms with Gasteiger partial charge in [-0.1, -0.05) is 24.4 Å². The molecule has 0 bridgehead atoms. The van der Waals surface area contributed by atoms with E-state index in [-0.39, 0.29) is 5.91 Å². The molecule has 2 heterocycles. The lowest BCUT2D eigenvalue weighted by atomic mass is 9.81. The summed E-state index contributed by atoms with van der Waals surface area (Å²) < 4.78 is 5.61. The maximum absolute atomic E-state index is 12.7. The number of carbonyl (C=O) groups excluding carboxylic acids is 1. The Balaban J connectivity index is 1.46. The van der Waals surface area contributed by atoms with Gasteiger partial charge in [0.15, 0.2) is 0 Å². The predicted molar refractivity (Wildman–Crippen MR) is 112 cm³/mol. The van der Waals surface area contributed by atoms with Crippen molar-refractivity contribution in [2.75, 3.05) is 5.75 Å². The minimum Gasteiger partial charge on any atom is -0.341 e. The van der Waals surface area contributed by atoms with Gasteiger partial charge in [0.1, 0.15) is 5.54 Å². The third kappa shape index (κ3) is 4.52. The van der Waals surface area contributed by atoms with Crippen LogP contribution >= 0.6 is 23.1 Å². The van der Waals surface area contributed by atoms with Crippen molar-refractivity contribution in [3.05, 3.63) is 52.5 Å². The van der Waals surface area contributed by atoms with Crippen LogP contribution in [0.25, 0.3) is 11.4 Å². The lowest BCUT2D eigenvalue weighted by Crippen LogP contribution is -2.48. The summed E-state index contributed by atoms with van der Waals surface area (Å²) >= 11 is 3.03. The number of hydrogen-bond donors (Lipinski definition) is 1. The molecule has 0 spiro atoms. The molecular formula is C21H20N4O2S2. The Bertz CT molecular complexity index is 1000. The van der Waals surface area contributed by atoms with E-state index in [0.29, 0.717) is 23.0 Å². The molecule has 29 heavy (non-hydrogen) atoms. The Morgan fingerprint density at radius 1 is 1.24 bits per heavy atom. The zero-order valence-corrected chi connectivity index (χ0v) is 17.4. The maximum Gasteiger partial charge on any atom is 0.252 e. The van der Waals surface area contributed by atoms with Gasteiger partial charge >= 0.3 is 0 Å².